The van der Waals surface area contributed by atoms with Crippen molar-refractivity contribution in [2.45, 2.75) is 65.1 Å². The molecule has 2 aromatic carbocycles. The number of hydrogen-bond acceptors (Lipinski definition) is 11. The first-order valence-corrected chi connectivity index (χ1v) is 17.8. The van der Waals surface area contributed by atoms with Crippen LogP contribution in [0.15, 0.2) is 48.5 Å². The van der Waals surface area contributed by atoms with Crippen molar-refractivity contribution >= 4 is 17.9 Å². The Bertz CT molecular complexity index is 2020. The number of rotatable bonds is 11. The highest BCUT2D eigenvalue weighted by Crippen LogP contribution is 2.56. The minimum atomic E-state index is -0.850. The van der Waals surface area contributed by atoms with E-state index in [2.05, 4.69) is 45.0 Å². The van der Waals surface area contributed by atoms with Gasteiger partial charge in [0.15, 0.2) is 23.0 Å². The molecule has 11 nitrogen and oxygen atoms in total. The average Bonchev–Trinajstić information content (AvgIpc) is 3.83. The molecule has 2 heterocycles. The fourth-order valence-corrected chi connectivity index (χ4v) is 7.86. The van der Waals surface area contributed by atoms with Gasteiger partial charge in [0.25, 0.3) is 0 Å². The van der Waals surface area contributed by atoms with Crippen LogP contribution < -0.4 is 23.7 Å². The molecule has 1 fully saturated rings. The summed E-state index contributed by atoms with van der Waals surface area (Å²) in [6, 6.07) is 15.8. The van der Waals surface area contributed by atoms with Crippen LogP contribution in [0.25, 0.3) is 11.1 Å². The molecule has 5 aliphatic rings. The average molecular weight is 725 g/mol. The van der Waals surface area contributed by atoms with E-state index in [1.807, 2.05) is 25.1 Å². The Balaban J connectivity index is 1.11. The molecule has 278 valence electrons. The molecule has 7 rings (SSSR count). The number of esters is 3. The zero-order valence-corrected chi connectivity index (χ0v) is 31.0. The molecule has 0 amide bonds. The molecule has 2 unspecified atom stereocenters. The Hall–Kier alpha value is -5.45. The van der Waals surface area contributed by atoms with Crippen molar-refractivity contribution < 1.29 is 52.3 Å². The topological polar surface area (TPSA) is 125 Å². The third-order valence-electron chi connectivity index (χ3n) is 10.8. The highest BCUT2D eigenvalue weighted by atomic mass is 16.7. The summed E-state index contributed by atoms with van der Waals surface area (Å²) in [5.74, 6) is -0.622. The van der Waals surface area contributed by atoms with E-state index in [1.165, 1.54) is 26.9 Å². The van der Waals surface area contributed by atoms with Gasteiger partial charge in [0.2, 0.25) is 12.5 Å². The summed E-state index contributed by atoms with van der Waals surface area (Å²) in [4.78, 5) is 39.9. The van der Waals surface area contributed by atoms with Gasteiger partial charge in [-0.25, -0.2) is 0 Å². The lowest BCUT2D eigenvalue weighted by Gasteiger charge is -2.38. The summed E-state index contributed by atoms with van der Waals surface area (Å²) < 4.78 is 45.7. The SMILES string of the molecule is COc1cc([C@@H]2c3cc4c(cc3[C@H](OC(=O)CCC(=O)OCc3cc5c(C)ccc(C(C)C)cc-5c3C)C3COC(=O)C32)OCO4)cc(OC)c1OC. The summed E-state index contributed by atoms with van der Waals surface area (Å²) in [6.45, 7) is 8.63. The molecule has 1 saturated heterocycles. The Kier molecular flexibility index (Phi) is 9.85. The van der Waals surface area contributed by atoms with Gasteiger partial charge < -0.3 is 37.9 Å². The van der Waals surface area contributed by atoms with Crippen molar-refractivity contribution in [3.05, 3.63) is 87.5 Å². The lowest BCUT2D eigenvalue weighted by molar-refractivity contribution is -0.158. The van der Waals surface area contributed by atoms with Gasteiger partial charge in [-0.15, -0.1) is 0 Å². The first-order valence-electron chi connectivity index (χ1n) is 17.8. The van der Waals surface area contributed by atoms with Crippen LogP contribution in [0.3, 0.4) is 0 Å². The number of carbonyl (C=O) groups is 3. The zero-order valence-electron chi connectivity index (χ0n) is 31.0. The van der Waals surface area contributed by atoms with Crippen molar-refractivity contribution in [1.82, 2.24) is 0 Å². The van der Waals surface area contributed by atoms with Crippen LogP contribution in [-0.2, 0) is 35.2 Å². The fraction of sp³-hybridized carbons (Fsp3) is 0.405. The number of fused-ring (bicyclic) bond motifs is 4. The quantitative estimate of drug-likeness (QED) is 0.114. The van der Waals surface area contributed by atoms with Crippen LogP contribution in [0, 0.1) is 25.7 Å². The minimum absolute atomic E-state index is 0.0337. The molecule has 2 aromatic rings. The van der Waals surface area contributed by atoms with Gasteiger partial charge in [-0.05, 0) is 94.6 Å². The van der Waals surface area contributed by atoms with E-state index in [0.717, 1.165) is 33.4 Å². The number of hydrogen-bond donors (Lipinski definition) is 0. The van der Waals surface area contributed by atoms with Crippen LogP contribution in [-0.4, -0.2) is 52.6 Å². The van der Waals surface area contributed by atoms with Crippen molar-refractivity contribution in [2.24, 2.45) is 11.8 Å². The molecule has 53 heavy (non-hydrogen) atoms. The van der Waals surface area contributed by atoms with E-state index in [9.17, 15) is 14.4 Å². The largest absolute Gasteiger partial charge is 0.493 e. The predicted molar refractivity (Wildman–Crippen MR) is 193 cm³/mol. The van der Waals surface area contributed by atoms with Crippen LogP contribution >= 0.6 is 0 Å². The predicted octanol–water partition coefficient (Wildman–Crippen LogP) is 7.33. The summed E-state index contributed by atoms with van der Waals surface area (Å²) >= 11 is 0. The Morgan fingerprint density at radius 1 is 0.811 bits per heavy atom. The Labute approximate surface area is 308 Å². The van der Waals surface area contributed by atoms with Gasteiger partial charge in [0.1, 0.15) is 12.7 Å². The summed E-state index contributed by atoms with van der Waals surface area (Å²) in [5, 5.41) is 0. The second-order valence-corrected chi connectivity index (χ2v) is 14.1. The highest BCUT2D eigenvalue weighted by molar-refractivity contribution is 5.81. The molecule has 0 spiro atoms. The number of carbonyl (C=O) groups excluding carboxylic acids is 3. The number of methoxy groups -OCH3 is 3. The van der Waals surface area contributed by atoms with E-state index in [0.29, 0.717) is 45.8 Å². The molecule has 0 aromatic heterocycles. The molecule has 4 atom stereocenters. The zero-order chi connectivity index (χ0) is 37.6. The van der Waals surface area contributed by atoms with Crippen LogP contribution in [0.4, 0.5) is 0 Å². The molecule has 2 aliphatic heterocycles. The number of cyclic esters (lactones) is 1. The summed E-state index contributed by atoms with van der Waals surface area (Å²) in [6.07, 6.45) is -1.22. The third-order valence-corrected chi connectivity index (χ3v) is 10.8. The highest BCUT2D eigenvalue weighted by Gasteiger charge is 2.54. The van der Waals surface area contributed by atoms with E-state index in [-0.39, 0.29) is 32.8 Å². The molecule has 0 saturated carbocycles. The second kappa shape index (κ2) is 14.5. The Morgan fingerprint density at radius 3 is 2.15 bits per heavy atom. The third kappa shape index (κ3) is 6.57. The van der Waals surface area contributed by atoms with Crippen molar-refractivity contribution in [2.75, 3.05) is 34.7 Å². The molecule has 0 bridgehead atoms. The van der Waals surface area contributed by atoms with Gasteiger partial charge in [-0.1, -0.05) is 32.0 Å². The second-order valence-electron chi connectivity index (χ2n) is 14.1. The first-order chi connectivity index (χ1) is 25.5. The van der Waals surface area contributed by atoms with Crippen LogP contribution in [0.5, 0.6) is 28.7 Å². The van der Waals surface area contributed by atoms with Crippen LogP contribution in [0.1, 0.15) is 83.6 Å². The lowest BCUT2D eigenvalue weighted by atomic mass is 9.66. The molecule has 0 N–H and O–H groups in total. The summed E-state index contributed by atoms with van der Waals surface area (Å²) in [7, 11) is 4.58. The van der Waals surface area contributed by atoms with Gasteiger partial charge in [0, 0.05) is 17.4 Å². The van der Waals surface area contributed by atoms with Gasteiger partial charge in [-0.3, -0.25) is 14.4 Å². The van der Waals surface area contributed by atoms with E-state index in [4.69, 9.17) is 37.9 Å². The van der Waals surface area contributed by atoms with Gasteiger partial charge in [0.05, 0.1) is 46.7 Å². The molecular weight excluding hydrogens is 680 g/mol. The van der Waals surface area contributed by atoms with E-state index in [1.54, 1.807) is 6.07 Å². The van der Waals surface area contributed by atoms with Gasteiger partial charge >= 0.3 is 17.9 Å². The maximum atomic E-state index is 13.5. The van der Waals surface area contributed by atoms with E-state index >= 15 is 0 Å². The number of aryl methyl sites for hydroxylation is 1. The van der Waals surface area contributed by atoms with Gasteiger partial charge in [-0.2, -0.15) is 0 Å². The standard InChI is InChI=1S/C42H44O11/c1-21(2)24-9-8-22(3)27-13-26(23(4)28(27)12-24)18-49-36(43)10-11-37(44)53-40-30-17-33-32(51-20-52-33)16-29(30)38(39-31(40)19-50-42(39)45)25-14-34(46-5)41(48-7)35(15-25)47-6/h8-9,12-17,21,31,38-40H,10-11,18-20H2,1-7H3/t31?,38-,39?,40+/m1/s1. The smallest absolute Gasteiger partial charge is 0.310 e. The van der Waals surface area contributed by atoms with E-state index < -0.39 is 41.8 Å². The first kappa shape index (κ1) is 35.9. The monoisotopic (exact) mass is 724 g/mol. The van der Waals surface area contributed by atoms with Crippen molar-refractivity contribution in [3.63, 3.8) is 0 Å². The molecule has 11 heteroatoms. The molecular formula is C42H44O11. The van der Waals surface area contributed by atoms with Crippen LogP contribution in [0.2, 0.25) is 0 Å². The number of ether oxygens (including phenoxy) is 8. The maximum Gasteiger partial charge on any atom is 0.310 e. The minimum Gasteiger partial charge on any atom is -0.493 e. The van der Waals surface area contributed by atoms with Crippen molar-refractivity contribution in [1.29, 1.82) is 0 Å². The molecule has 0 radical (unpaired) electrons. The van der Waals surface area contributed by atoms with Crippen molar-refractivity contribution in [3.8, 4) is 39.9 Å². The Morgan fingerprint density at radius 2 is 1.49 bits per heavy atom. The number of benzene rings is 2. The lowest BCUT2D eigenvalue weighted by Crippen LogP contribution is -2.36. The normalized spacial score (nSPS) is 19.7. The maximum absolute atomic E-state index is 13.5. The summed E-state index contributed by atoms with van der Waals surface area (Å²) in [5.41, 5.74) is 8.74. The molecule has 3 aliphatic carbocycles. The fourth-order valence-electron chi connectivity index (χ4n) is 7.86.